The van der Waals surface area contributed by atoms with Gasteiger partial charge in [0.1, 0.15) is 5.82 Å². The molecule has 6 nitrogen and oxygen atoms in total. The molecule has 0 radical (unpaired) electrons. The minimum Gasteiger partial charge on any atom is -0.309 e. The van der Waals surface area contributed by atoms with Crippen LogP contribution in [0.4, 0.5) is 0 Å². The van der Waals surface area contributed by atoms with Crippen LogP contribution in [0.3, 0.4) is 0 Å². The summed E-state index contributed by atoms with van der Waals surface area (Å²) in [6.07, 6.45) is 0.474. The van der Waals surface area contributed by atoms with E-state index in [1.807, 2.05) is 29.8 Å². The first-order chi connectivity index (χ1) is 12.6. The molecular weight excluding hydrogens is 368 g/mol. The Balaban J connectivity index is 1.55. The lowest BCUT2D eigenvalue weighted by molar-refractivity contribution is 0.579. The van der Waals surface area contributed by atoms with Crippen molar-refractivity contribution in [3.8, 4) is 0 Å². The highest BCUT2D eigenvalue weighted by molar-refractivity contribution is 7.98. The van der Waals surface area contributed by atoms with Gasteiger partial charge in [-0.25, -0.2) is 13.1 Å². The van der Waals surface area contributed by atoms with E-state index in [4.69, 9.17) is 0 Å². The van der Waals surface area contributed by atoms with Gasteiger partial charge < -0.3 is 4.57 Å². The minimum absolute atomic E-state index is 0.261. The van der Waals surface area contributed by atoms with E-state index in [9.17, 15) is 8.42 Å². The molecule has 0 spiro atoms. The van der Waals surface area contributed by atoms with Crippen molar-refractivity contribution in [1.82, 2.24) is 19.5 Å². The standard InChI is InChI=1S/C18H20N4O2S2/c1-22-17(12-13-19-26(23,24)16-10-6-3-7-11-16)20-21-18(22)25-14-15-8-4-2-5-9-15/h2-11,19H,12-14H2,1H3. The predicted octanol–water partition coefficient (Wildman–Crippen LogP) is 2.63. The molecule has 3 aromatic rings. The molecule has 1 N–H and O–H groups in total. The summed E-state index contributed by atoms with van der Waals surface area (Å²) >= 11 is 1.61. The topological polar surface area (TPSA) is 76.9 Å². The first-order valence-corrected chi connectivity index (χ1v) is 10.6. The van der Waals surface area contributed by atoms with Crippen LogP contribution in [0.25, 0.3) is 0 Å². The molecule has 0 aliphatic carbocycles. The van der Waals surface area contributed by atoms with E-state index < -0.39 is 10.0 Å². The summed E-state index contributed by atoms with van der Waals surface area (Å²) in [6, 6.07) is 18.5. The van der Waals surface area contributed by atoms with Gasteiger partial charge in [-0.1, -0.05) is 60.3 Å². The van der Waals surface area contributed by atoms with Gasteiger partial charge in [0, 0.05) is 25.8 Å². The molecule has 0 bridgehead atoms. The quantitative estimate of drug-likeness (QED) is 0.600. The van der Waals surface area contributed by atoms with Crippen molar-refractivity contribution in [1.29, 1.82) is 0 Å². The maximum Gasteiger partial charge on any atom is 0.240 e. The Kier molecular flexibility index (Phi) is 6.08. The molecule has 3 rings (SSSR count). The molecular formula is C18H20N4O2S2. The number of hydrogen-bond donors (Lipinski definition) is 1. The molecule has 0 amide bonds. The fourth-order valence-electron chi connectivity index (χ4n) is 2.39. The number of nitrogens with zero attached hydrogens (tertiary/aromatic N) is 3. The number of thioether (sulfide) groups is 1. The Morgan fingerprint density at radius 1 is 1.00 bits per heavy atom. The summed E-state index contributed by atoms with van der Waals surface area (Å²) in [5, 5.41) is 9.19. The van der Waals surface area contributed by atoms with Crippen LogP contribution in [-0.2, 0) is 29.2 Å². The maximum absolute atomic E-state index is 12.2. The molecule has 0 saturated carbocycles. The van der Waals surface area contributed by atoms with Crippen LogP contribution in [0.15, 0.2) is 70.7 Å². The van der Waals surface area contributed by atoms with E-state index in [2.05, 4.69) is 27.1 Å². The van der Waals surface area contributed by atoms with Crippen molar-refractivity contribution in [2.45, 2.75) is 22.2 Å². The zero-order valence-corrected chi connectivity index (χ0v) is 16.0. The Bertz CT molecular complexity index is 942. The van der Waals surface area contributed by atoms with Gasteiger partial charge in [-0.15, -0.1) is 10.2 Å². The normalized spacial score (nSPS) is 11.6. The van der Waals surface area contributed by atoms with E-state index in [0.29, 0.717) is 6.42 Å². The fourth-order valence-corrected chi connectivity index (χ4v) is 4.33. The molecule has 0 unspecified atom stereocenters. The van der Waals surface area contributed by atoms with Crippen molar-refractivity contribution in [3.63, 3.8) is 0 Å². The largest absolute Gasteiger partial charge is 0.309 e. The van der Waals surface area contributed by atoms with Crippen LogP contribution < -0.4 is 4.72 Å². The second-order valence-electron chi connectivity index (χ2n) is 5.69. The van der Waals surface area contributed by atoms with Crippen LogP contribution in [0, 0.1) is 0 Å². The van der Waals surface area contributed by atoms with Crippen molar-refractivity contribution in [3.05, 3.63) is 72.1 Å². The van der Waals surface area contributed by atoms with Crippen LogP contribution >= 0.6 is 11.8 Å². The van der Waals surface area contributed by atoms with Gasteiger partial charge in [-0.3, -0.25) is 0 Å². The highest BCUT2D eigenvalue weighted by Gasteiger charge is 2.14. The predicted molar refractivity (Wildman–Crippen MR) is 102 cm³/mol. The third-order valence-electron chi connectivity index (χ3n) is 3.83. The first-order valence-electron chi connectivity index (χ1n) is 8.16. The zero-order chi connectivity index (χ0) is 18.4. The number of hydrogen-bond acceptors (Lipinski definition) is 5. The van der Waals surface area contributed by atoms with Crippen LogP contribution in [0.2, 0.25) is 0 Å². The fraction of sp³-hybridized carbons (Fsp3) is 0.222. The Hall–Kier alpha value is -2.16. The number of nitrogens with one attached hydrogen (secondary N) is 1. The molecule has 0 saturated heterocycles. The summed E-state index contributed by atoms with van der Waals surface area (Å²) in [5.74, 6) is 1.56. The van der Waals surface area contributed by atoms with Crippen LogP contribution in [-0.4, -0.2) is 29.7 Å². The molecule has 0 aliphatic rings. The summed E-state index contributed by atoms with van der Waals surface area (Å²) < 4.78 is 28.9. The van der Waals surface area contributed by atoms with Gasteiger partial charge >= 0.3 is 0 Å². The van der Waals surface area contributed by atoms with Gasteiger partial charge in [0.2, 0.25) is 10.0 Å². The Morgan fingerprint density at radius 3 is 2.35 bits per heavy atom. The van der Waals surface area contributed by atoms with Gasteiger partial charge in [0.25, 0.3) is 0 Å². The van der Waals surface area contributed by atoms with Crippen molar-refractivity contribution in [2.75, 3.05) is 6.54 Å². The first kappa shape index (κ1) is 18.6. The smallest absolute Gasteiger partial charge is 0.240 e. The van der Waals surface area contributed by atoms with Crippen LogP contribution in [0.1, 0.15) is 11.4 Å². The third-order valence-corrected chi connectivity index (χ3v) is 6.40. The average molecular weight is 389 g/mol. The number of aromatic nitrogens is 3. The molecule has 2 aromatic carbocycles. The SMILES string of the molecule is Cn1c(CCNS(=O)(=O)c2ccccc2)nnc1SCc1ccccc1. The molecule has 136 valence electrons. The van der Waals surface area contributed by atoms with Crippen molar-refractivity contribution >= 4 is 21.8 Å². The van der Waals surface area contributed by atoms with Crippen molar-refractivity contribution in [2.24, 2.45) is 7.05 Å². The number of sulfonamides is 1. The van der Waals surface area contributed by atoms with E-state index in [0.717, 1.165) is 16.7 Å². The lowest BCUT2D eigenvalue weighted by Gasteiger charge is -2.07. The molecule has 26 heavy (non-hydrogen) atoms. The Morgan fingerprint density at radius 2 is 1.65 bits per heavy atom. The molecule has 0 fully saturated rings. The summed E-state index contributed by atoms with van der Waals surface area (Å²) in [7, 11) is -1.60. The highest BCUT2D eigenvalue weighted by atomic mass is 32.2. The van der Waals surface area contributed by atoms with Gasteiger partial charge in [0.05, 0.1) is 4.90 Å². The lowest BCUT2D eigenvalue weighted by Crippen LogP contribution is -2.26. The van der Waals surface area contributed by atoms with E-state index >= 15 is 0 Å². The third kappa shape index (κ3) is 4.72. The highest BCUT2D eigenvalue weighted by Crippen LogP contribution is 2.21. The number of rotatable bonds is 8. The summed E-state index contributed by atoms with van der Waals surface area (Å²) in [6.45, 7) is 0.270. The van der Waals surface area contributed by atoms with Gasteiger partial charge in [0.15, 0.2) is 5.16 Å². The molecule has 0 aliphatic heterocycles. The lowest BCUT2D eigenvalue weighted by atomic mass is 10.2. The van der Waals surface area contributed by atoms with E-state index in [1.165, 1.54) is 5.56 Å². The Labute approximate surface area is 157 Å². The van der Waals surface area contributed by atoms with Crippen molar-refractivity contribution < 1.29 is 8.42 Å². The molecule has 0 atom stereocenters. The number of benzene rings is 2. The average Bonchev–Trinajstić information content (AvgIpc) is 3.01. The second-order valence-corrected chi connectivity index (χ2v) is 8.40. The monoisotopic (exact) mass is 388 g/mol. The van der Waals surface area contributed by atoms with Crippen LogP contribution in [0.5, 0.6) is 0 Å². The summed E-state index contributed by atoms with van der Waals surface area (Å²) in [5.41, 5.74) is 1.22. The zero-order valence-electron chi connectivity index (χ0n) is 14.4. The van der Waals surface area contributed by atoms with Gasteiger partial charge in [-0.2, -0.15) is 0 Å². The second kappa shape index (κ2) is 8.48. The molecule has 8 heteroatoms. The molecule has 1 aromatic heterocycles. The maximum atomic E-state index is 12.2. The minimum atomic E-state index is -3.50. The molecule has 1 heterocycles. The van der Waals surface area contributed by atoms with E-state index in [-0.39, 0.29) is 11.4 Å². The van der Waals surface area contributed by atoms with E-state index in [1.54, 1.807) is 42.1 Å². The summed E-state index contributed by atoms with van der Waals surface area (Å²) in [4.78, 5) is 0.261. The van der Waals surface area contributed by atoms with Gasteiger partial charge in [-0.05, 0) is 17.7 Å².